The maximum absolute atomic E-state index is 12.7. The zero-order valence-corrected chi connectivity index (χ0v) is 55.5. The van der Waals surface area contributed by atoms with Crippen LogP contribution in [0.25, 0.3) is 34.9 Å². The Hall–Kier alpha value is -10.8. The first-order valence-corrected chi connectivity index (χ1v) is 29.9. The van der Waals surface area contributed by atoms with E-state index < -0.39 is 11.9 Å². The molecule has 0 aliphatic carbocycles. The molecule has 0 radical (unpaired) electrons. The van der Waals surface area contributed by atoms with Crippen molar-refractivity contribution in [3.05, 3.63) is 269 Å². The summed E-state index contributed by atoms with van der Waals surface area (Å²) in [5.74, 6) is 0.836. The molecule has 20 heteroatoms. The molecule has 9 aromatic rings. The normalized spacial score (nSPS) is 10.8. The SMILES string of the molecule is CCOC(=O)CCc1ccc(Oc2ccc(/C(=C\c3cccnc3)C(=O)O)cc2)cc1.CC[O-].CN(C)C(=O)/C(=C/c1cccnc1)c1ccc(Oc2ccc(CCC(N)=O)cc2)cc1.NC(=O)CCc1ccc(Oc2ccc(/C(=C\c3cccnc3)C(=O)O)cc2)cc1.[Na+]. The molecule has 6 N–H and O–H groups in total. The number of esters is 1. The minimum Gasteiger partial charge on any atom is -0.855 e. The van der Waals surface area contributed by atoms with Gasteiger partial charge in [0.15, 0.2) is 0 Å². The van der Waals surface area contributed by atoms with Crippen LogP contribution in [0.3, 0.4) is 0 Å². The van der Waals surface area contributed by atoms with Gasteiger partial charge in [-0.3, -0.25) is 34.1 Å². The van der Waals surface area contributed by atoms with Crippen molar-refractivity contribution in [1.29, 1.82) is 0 Å². The van der Waals surface area contributed by atoms with Crippen molar-refractivity contribution < 1.29 is 92.6 Å². The Bertz CT molecular complexity index is 3970. The van der Waals surface area contributed by atoms with Crippen LogP contribution in [0.2, 0.25) is 0 Å². The third-order valence-electron chi connectivity index (χ3n) is 13.3. The second-order valence-corrected chi connectivity index (χ2v) is 20.7. The van der Waals surface area contributed by atoms with Crippen molar-refractivity contribution >= 4 is 70.6 Å². The molecule has 0 saturated carbocycles. The molecule has 0 atom stereocenters. The Morgan fingerprint density at radius 3 is 0.968 bits per heavy atom. The van der Waals surface area contributed by atoms with Gasteiger partial charge in [0.25, 0.3) is 5.91 Å². The van der Waals surface area contributed by atoms with Gasteiger partial charge in [-0.05, 0) is 185 Å². The van der Waals surface area contributed by atoms with Gasteiger partial charge >= 0.3 is 47.5 Å². The fourth-order valence-electron chi connectivity index (χ4n) is 8.63. The molecule has 0 saturated heterocycles. The number of hydrogen-bond donors (Lipinski definition) is 4. The quantitative estimate of drug-likeness (QED) is 0.0235. The number of rotatable bonds is 25. The Kier molecular flexibility index (Phi) is 31.7. The molecule has 482 valence electrons. The molecule has 95 heavy (non-hydrogen) atoms. The topological polar surface area (TPSA) is 297 Å². The minimum absolute atomic E-state index is 0. The molecule has 0 bridgehead atoms. The van der Waals surface area contributed by atoms with Crippen LogP contribution in [0.4, 0.5) is 0 Å². The third kappa shape index (κ3) is 26.7. The van der Waals surface area contributed by atoms with E-state index in [4.69, 9.17) is 35.5 Å². The van der Waals surface area contributed by atoms with Crippen LogP contribution in [0.1, 0.15) is 83.2 Å². The summed E-state index contributed by atoms with van der Waals surface area (Å²) in [6.45, 7) is 3.74. The van der Waals surface area contributed by atoms with Crippen LogP contribution >= 0.6 is 0 Å². The maximum Gasteiger partial charge on any atom is 1.00 e. The number of nitrogens with zero attached hydrogens (tertiary/aromatic N) is 4. The summed E-state index contributed by atoms with van der Waals surface area (Å²) in [5.41, 5.74) is 18.5. The largest absolute Gasteiger partial charge is 1.00 e. The zero-order valence-electron chi connectivity index (χ0n) is 53.5. The van der Waals surface area contributed by atoms with Gasteiger partial charge in [-0.2, -0.15) is 0 Å². The Balaban J connectivity index is 0.000000251. The average Bonchev–Trinajstić information content (AvgIpc) is 1.14. The molecule has 3 amide bonds. The standard InChI is InChI=1S/C25H25N3O3.C25H23NO5.C23H20N2O4.C2H5O.Na/c1-28(2)25(30)23(16-19-4-3-15-27-17-19)20-8-12-22(13-9-20)31-21-10-5-18(6-11-21)7-14-24(26)29;1-2-30-24(27)14-7-18-5-10-21(11-6-18)31-22-12-8-20(9-13-22)23(25(28)29)16-19-4-3-15-26-17-19;24-22(26)12-5-16-3-8-19(9-4-16)29-20-10-6-18(7-11-20)21(23(27)28)14-17-2-1-13-25-15-17;1-2-3;/h3-6,8-13,15-17H,7,14H2,1-2H3,(H2,26,29);3-6,8-13,15-17H,2,7,14H2,1H3,(H,28,29);1-4,6-11,13-15H,5,12H2,(H2,24,26)(H,27,28);2H2,1H3;/q;;;-1;+1/b2*23-16+;21-14+;;. The van der Waals surface area contributed by atoms with Crippen molar-refractivity contribution in [1.82, 2.24) is 19.9 Å². The number of ether oxygens (including phenoxy) is 4. The molecule has 0 aliphatic heterocycles. The van der Waals surface area contributed by atoms with Crippen molar-refractivity contribution in [2.45, 2.75) is 52.4 Å². The molecule has 0 spiro atoms. The van der Waals surface area contributed by atoms with Crippen molar-refractivity contribution in [3.63, 3.8) is 0 Å². The van der Waals surface area contributed by atoms with Crippen LogP contribution in [0.15, 0.2) is 219 Å². The van der Waals surface area contributed by atoms with Crippen LogP contribution in [-0.2, 0) is 52.8 Å². The van der Waals surface area contributed by atoms with E-state index in [-0.39, 0.29) is 71.0 Å². The van der Waals surface area contributed by atoms with E-state index in [1.165, 1.54) is 0 Å². The van der Waals surface area contributed by atoms with Crippen molar-refractivity contribution in [2.24, 2.45) is 11.5 Å². The Labute approximate surface area is 574 Å². The van der Waals surface area contributed by atoms with E-state index in [1.807, 2.05) is 115 Å². The summed E-state index contributed by atoms with van der Waals surface area (Å²) in [6.07, 6.45) is 17.7. The number of carboxylic acids is 2. The van der Waals surface area contributed by atoms with E-state index >= 15 is 0 Å². The van der Waals surface area contributed by atoms with Crippen LogP contribution < -0.4 is 60.3 Å². The number of aryl methyl sites for hydroxylation is 3. The van der Waals surface area contributed by atoms with Gasteiger partial charge in [-0.1, -0.05) is 97.9 Å². The fourth-order valence-corrected chi connectivity index (χ4v) is 8.63. The van der Waals surface area contributed by atoms with Gasteiger partial charge in [-0.15, -0.1) is 6.61 Å². The summed E-state index contributed by atoms with van der Waals surface area (Å²) >= 11 is 0. The molecule has 0 aliphatic rings. The number of carbonyl (C=O) groups excluding carboxylic acids is 4. The predicted octanol–water partition coefficient (Wildman–Crippen LogP) is 9.20. The molecule has 3 heterocycles. The van der Waals surface area contributed by atoms with Crippen molar-refractivity contribution in [2.75, 3.05) is 27.3 Å². The summed E-state index contributed by atoms with van der Waals surface area (Å²) in [6, 6.07) is 54.3. The molecular weight excluding hydrogens is 1220 g/mol. The number of aromatic nitrogens is 3. The molecular formula is C75H73N6NaO13. The molecule has 6 aromatic carbocycles. The molecule has 9 rings (SSSR count). The van der Waals surface area contributed by atoms with E-state index in [9.17, 15) is 39.0 Å². The summed E-state index contributed by atoms with van der Waals surface area (Å²) in [5, 5.41) is 28.1. The monoisotopic (exact) mass is 1290 g/mol. The van der Waals surface area contributed by atoms with Gasteiger partial charge < -0.3 is 50.6 Å². The molecule has 3 aromatic heterocycles. The number of hydrogen-bond acceptors (Lipinski definition) is 14. The van der Waals surface area contributed by atoms with E-state index in [0.29, 0.717) is 107 Å². The second kappa shape index (κ2) is 40.2. The van der Waals surface area contributed by atoms with Gasteiger partial charge in [0.2, 0.25) is 11.8 Å². The minimum atomic E-state index is -1.02. The number of carboxylic acid groups (broad SMARTS) is 2. The number of likely N-dealkylation sites (N-methyl/N-ethyl adjacent to an activating group) is 1. The third-order valence-corrected chi connectivity index (χ3v) is 13.3. The number of carbonyl (C=O) groups is 6. The number of amides is 3. The number of benzene rings is 6. The Morgan fingerprint density at radius 2 is 0.716 bits per heavy atom. The van der Waals surface area contributed by atoms with E-state index in [0.717, 1.165) is 27.8 Å². The van der Waals surface area contributed by atoms with Gasteiger partial charge in [-0.25, -0.2) is 9.59 Å². The summed E-state index contributed by atoms with van der Waals surface area (Å²) in [7, 11) is 3.45. The summed E-state index contributed by atoms with van der Waals surface area (Å²) < 4.78 is 22.5. The number of primary amides is 2. The Morgan fingerprint density at radius 1 is 0.442 bits per heavy atom. The maximum atomic E-state index is 12.7. The van der Waals surface area contributed by atoms with Gasteiger partial charge in [0.05, 0.1) is 17.8 Å². The van der Waals surface area contributed by atoms with E-state index in [1.54, 1.807) is 155 Å². The fraction of sp³-hybridized carbons (Fsp3) is 0.160. The zero-order chi connectivity index (χ0) is 67.6. The number of aliphatic carboxylic acids is 2. The van der Waals surface area contributed by atoms with E-state index in [2.05, 4.69) is 15.0 Å². The smallest absolute Gasteiger partial charge is 0.855 e. The van der Waals surface area contributed by atoms with Gasteiger partial charge in [0.1, 0.15) is 34.5 Å². The number of nitrogens with two attached hydrogens (primary N) is 2. The first-order valence-electron chi connectivity index (χ1n) is 29.9. The van der Waals surface area contributed by atoms with Crippen LogP contribution in [0.5, 0.6) is 34.5 Å². The first kappa shape index (κ1) is 74.9. The van der Waals surface area contributed by atoms with Crippen LogP contribution in [0, 0.1) is 0 Å². The molecule has 19 nitrogen and oxygen atoms in total. The second-order valence-electron chi connectivity index (χ2n) is 20.7. The molecule has 0 fully saturated rings. The predicted molar refractivity (Wildman–Crippen MR) is 360 cm³/mol. The summed E-state index contributed by atoms with van der Waals surface area (Å²) in [4.78, 5) is 83.0. The van der Waals surface area contributed by atoms with Gasteiger partial charge in [0, 0.05) is 76.1 Å². The number of pyridine rings is 3. The first-order chi connectivity index (χ1) is 45.4. The average molecular weight is 1290 g/mol. The van der Waals surface area contributed by atoms with Crippen molar-refractivity contribution in [3.8, 4) is 34.5 Å². The van der Waals surface area contributed by atoms with Crippen LogP contribution in [-0.4, -0.2) is 93.0 Å². The molecule has 0 unspecified atom stereocenters.